The SMILES string of the molecule is CCOc1cc(NC(=O)C(N=Nc2c(Cl)ccc(OC)c2OC)C(C)=O)c(OCC)cc1Cl. The molecule has 0 heterocycles. The predicted octanol–water partition coefficient (Wildman–Crippen LogP) is 5.49. The largest absolute Gasteiger partial charge is 0.493 e. The molecule has 11 heteroatoms. The third-order valence-corrected chi connectivity index (χ3v) is 4.87. The summed E-state index contributed by atoms with van der Waals surface area (Å²) in [7, 11) is 2.87. The molecule has 33 heavy (non-hydrogen) atoms. The number of halogens is 2. The lowest BCUT2D eigenvalue weighted by molar-refractivity contribution is -0.126. The lowest BCUT2D eigenvalue weighted by Gasteiger charge is -2.16. The van der Waals surface area contributed by atoms with Crippen molar-refractivity contribution in [2.45, 2.75) is 26.8 Å². The fourth-order valence-electron chi connectivity index (χ4n) is 2.79. The third kappa shape index (κ3) is 6.49. The van der Waals surface area contributed by atoms with E-state index in [9.17, 15) is 9.59 Å². The summed E-state index contributed by atoms with van der Waals surface area (Å²) in [5.74, 6) is -0.0103. The molecular weight excluding hydrogens is 473 g/mol. The van der Waals surface area contributed by atoms with Crippen LogP contribution in [0.3, 0.4) is 0 Å². The van der Waals surface area contributed by atoms with Gasteiger partial charge in [-0.2, -0.15) is 5.11 Å². The molecule has 9 nitrogen and oxygen atoms in total. The standard InChI is InChI=1S/C22H25Cl2N3O6/c1-6-32-17-11-15(18(33-7-2)10-14(17)24)25-22(29)19(12(3)28)26-27-20-13(23)8-9-16(30-4)21(20)31-5/h8-11,19H,6-7H2,1-5H3,(H,25,29). The van der Waals surface area contributed by atoms with Crippen molar-refractivity contribution in [1.82, 2.24) is 0 Å². The molecule has 1 N–H and O–H groups in total. The van der Waals surface area contributed by atoms with Crippen LogP contribution in [0.25, 0.3) is 0 Å². The van der Waals surface area contributed by atoms with E-state index in [2.05, 4.69) is 15.5 Å². The summed E-state index contributed by atoms with van der Waals surface area (Å²) in [4.78, 5) is 25.2. The molecule has 0 aliphatic rings. The Balaban J connectivity index is 2.40. The lowest BCUT2D eigenvalue weighted by Crippen LogP contribution is -2.32. The fourth-order valence-corrected chi connectivity index (χ4v) is 3.18. The molecule has 0 radical (unpaired) electrons. The van der Waals surface area contributed by atoms with E-state index in [1.807, 2.05) is 0 Å². The van der Waals surface area contributed by atoms with Gasteiger partial charge in [0.15, 0.2) is 17.3 Å². The van der Waals surface area contributed by atoms with Crippen LogP contribution in [-0.2, 0) is 9.59 Å². The Kier molecular flexibility index (Phi) is 9.74. The number of nitrogens with zero attached hydrogens (tertiary/aromatic N) is 2. The first-order valence-electron chi connectivity index (χ1n) is 9.99. The summed E-state index contributed by atoms with van der Waals surface area (Å²) >= 11 is 12.4. The average molecular weight is 498 g/mol. The zero-order chi connectivity index (χ0) is 24.5. The number of ketones is 1. The number of rotatable bonds is 11. The number of nitrogens with one attached hydrogen (secondary N) is 1. The van der Waals surface area contributed by atoms with E-state index in [1.165, 1.54) is 39.3 Å². The van der Waals surface area contributed by atoms with Gasteiger partial charge >= 0.3 is 0 Å². The maximum Gasteiger partial charge on any atom is 0.258 e. The van der Waals surface area contributed by atoms with Crippen molar-refractivity contribution in [2.75, 3.05) is 32.8 Å². The summed E-state index contributed by atoms with van der Waals surface area (Å²) in [6.07, 6.45) is 0. The van der Waals surface area contributed by atoms with Gasteiger partial charge in [0.05, 0.1) is 43.2 Å². The number of carbonyl (C=O) groups is 2. The number of hydrogen-bond acceptors (Lipinski definition) is 8. The number of anilines is 1. The maximum atomic E-state index is 12.9. The van der Waals surface area contributed by atoms with Crippen molar-refractivity contribution < 1.29 is 28.5 Å². The van der Waals surface area contributed by atoms with Crippen molar-refractivity contribution >= 4 is 46.3 Å². The zero-order valence-corrected chi connectivity index (χ0v) is 20.4. The highest BCUT2D eigenvalue weighted by Crippen LogP contribution is 2.42. The van der Waals surface area contributed by atoms with Crippen molar-refractivity contribution in [3.8, 4) is 23.0 Å². The summed E-state index contributed by atoms with van der Waals surface area (Å²) in [6.45, 7) is 5.51. The zero-order valence-electron chi connectivity index (χ0n) is 18.9. The predicted molar refractivity (Wildman–Crippen MR) is 126 cm³/mol. The van der Waals surface area contributed by atoms with Gasteiger partial charge in [0.25, 0.3) is 5.91 Å². The third-order valence-electron chi connectivity index (χ3n) is 4.27. The normalized spacial score (nSPS) is 11.7. The van der Waals surface area contributed by atoms with E-state index in [4.69, 9.17) is 42.1 Å². The molecule has 1 amide bonds. The van der Waals surface area contributed by atoms with Crippen molar-refractivity contribution in [2.24, 2.45) is 10.2 Å². The van der Waals surface area contributed by atoms with Gasteiger partial charge in [-0.1, -0.05) is 23.2 Å². The summed E-state index contributed by atoms with van der Waals surface area (Å²) < 4.78 is 21.5. The Morgan fingerprint density at radius 2 is 1.64 bits per heavy atom. The van der Waals surface area contributed by atoms with Crippen molar-refractivity contribution in [3.05, 3.63) is 34.3 Å². The first-order chi connectivity index (χ1) is 15.8. The number of benzene rings is 2. The minimum atomic E-state index is -1.46. The van der Waals surface area contributed by atoms with Crippen LogP contribution >= 0.6 is 23.2 Å². The number of Topliss-reactive ketones (excluding diaryl/α,β-unsaturated/α-hetero) is 1. The Morgan fingerprint density at radius 1 is 0.970 bits per heavy atom. The fraction of sp³-hybridized carbons (Fsp3) is 0.364. The molecule has 2 rings (SSSR count). The van der Waals surface area contributed by atoms with Gasteiger partial charge in [-0.25, -0.2) is 0 Å². The van der Waals surface area contributed by atoms with Crippen LogP contribution in [-0.4, -0.2) is 45.2 Å². The van der Waals surface area contributed by atoms with Crippen LogP contribution in [0.4, 0.5) is 11.4 Å². The molecule has 0 aliphatic carbocycles. The smallest absolute Gasteiger partial charge is 0.258 e. The molecule has 0 bridgehead atoms. The Hall–Kier alpha value is -3.04. The van der Waals surface area contributed by atoms with Gasteiger partial charge in [-0.15, -0.1) is 5.11 Å². The molecule has 2 aromatic carbocycles. The van der Waals surface area contributed by atoms with Crippen LogP contribution in [0.2, 0.25) is 10.0 Å². The number of carbonyl (C=O) groups excluding carboxylic acids is 2. The van der Waals surface area contributed by atoms with E-state index in [-0.39, 0.29) is 22.1 Å². The molecule has 0 aliphatic heterocycles. The minimum absolute atomic E-state index is 0.123. The first-order valence-corrected chi connectivity index (χ1v) is 10.7. The summed E-state index contributed by atoms with van der Waals surface area (Å²) in [6, 6.07) is 4.72. The summed E-state index contributed by atoms with van der Waals surface area (Å²) in [5.41, 5.74) is 0.394. The van der Waals surface area contributed by atoms with E-state index >= 15 is 0 Å². The lowest BCUT2D eigenvalue weighted by atomic mass is 10.2. The molecule has 0 saturated heterocycles. The Labute approximate surface area is 202 Å². The van der Waals surface area contributed by atoms with Gasteiger partial charge in [0.2, 0.25) is 6.04 Å². The molecule has 0 saturated carbocycles. The molecule has 178 valence electrons. The molecule has 2 aromatic rings. The van der Waals surface area contributed by atoms with E-state index in [1.54, 1.807) is 19.9 Å². The maximum absolute atomic E-state index is 12.9. The second kappa shape index (κ2) is 12.3. The second-order valence-electron chi connectivity index (χ2n) is 6.49. The highest BCUT2D eigenvalue weighted by molar-refractivity contribution is 6.33. The van der Waals surface area contributed by atoms with Gasteiger partial charge in [0, 0.05) is 12.1 Å². The highest BCUT2D eigenvalue weighted by atomic mass is 35.5. The number of methoxy groups -OCH3 is 2. The van der Waals surface area contributed by atoms with Crippen molar-refractivity contribution in [1.29, 1.82) is 0 Å². The Bertz CT molecular complexity index is 1050. The molecular formula is C22H25Cl2N3O6. The quantitative estimate of drug-likeness (QED) is 0.324. The average Bonchev–Trinajstić information content (AvgIpc) is 2.77. The molecule has 0 spiro atoms. The minimum Gasteiger partial charge on any atom is -0.493 e. The highest BCUT2D eigenvalue weighted by Gasteiger charge is 2.26. The molecule has 0 fully saturated rings. The monoisotopic (exact) mass is 497 g/mol. The van der Waals surface area contributed by atoms with Crippen molar-refractivity contribution in [3.63, 3.8) is 0 Å². The number of azo groups is 1. The van der Waals surface area contributed by atoms with Crippen LogP contribution in [0.1, 0.15) is 20.8 Å². The van der Waals surface area contributed by atoms with Gasteiger partial charge in [0.1, 0.15) is 17.2 Å². The van der Waals surface area contributed by atoms with E-state index in [0.29, 0.717) is 35.5 Å². The van der Waals surface area contributed by atoms with Crippen LogP contribution < -0.4 is 24.3 Å². The van der Waals surface area contributed by atoms with Crippen LogP contribution in [0.5, 0.6) is 23.0 Å². The summed E-state index contributed by atoms with van der Waals surface area (Å²) in [5, 5.41) is 11.1. The molecule has 1 atom stereocenters. The number of hydrogen-bond donors (Lipinski definition) is 1. The number of ether oxygens (including phenoxy) is 4. The first kappa shape index (κ1) is 26.2. The van der Waals surface area contributed by atoms with Gasteiger partial charge in [-0.3, -0.25) is 9.59 Å². The number of amides is 1. The van der Waals surface area contributed by atoms with Crippen LogP contribution in [0, 0.1) is 0 Å². The van der Waals surface area contributed by atoms with E-state index in [0.717, 1.165) is 0 Å². The van der Waals surface area contributed by atoms with Gasteiger partial charge < -0.3 is 24.3 Å². The molecule has 0 aromatic heterocycles. The Morgan fingerprint density at radius 3 is 2.21 bits per heavy atom. The second-order valence-corrected chi connectivity index (χ2v) is 7.31. The van der Waals surface area contributed by atoms with E-state index < -0.39 is 17.7 Å². The topological polar surface area (TPSA) is 108 Å². The molecule has 1 unspecified atom stereocenters. The van der Waals surface area contributed by atoms with Gasteiger partial charge in [-0.05, 0) is 32.9 Å². The van der Waals surface area contributed by atoms with Crippen LogP contribution in [0.15, 0.2) is 34.5 Å².